The van der Waals surface area contributed by atoms with Gasteiger partial charge in [-0.2, -0.15) is 0 Å². The van der Waals surface area contributed by atoms with Crippen molar-refractivity contribution < 1.29 is 68.4 Å². The molecule has 0 aliphatic heterocycles. The van der Waals surface area contributed by atoms with Crippen LogP contribution in [-0.2, 0) is 54.4 Å². The highest BCUT2D eigenvalue weighted by Crippen LogP contribution is 2.08. The molecule has 22 N–H and O–H groups in total. The number of nitrogens with two attached hydrogens (primary N) is 5. The van der Waals surface area contributed by atoms with E-state index >= 15 is 0 Å². The molecule has 8 amide bonds. The van der Waals surface area contributed by atoms with E-state index in [2.05, 4.69) is 46.9 Å². The van der Waals surface area contributed by atoms with E-state index in [0.717, 1.165) is 13.8 Å². The number of carbonyl (C=O) groups excluding carboxylic acids is 8. The summed E-state index contributed by atoms with van der Waals surface area (Å²) in [4.78, 5) is 138. The number of aliphatic hydroxyl groups excluding tert-OH is 2. The summed E-state index contributed by atoms with van der Waals surface area (Å²) in [5.41, 5.74) is 27.6. The third-order valence-electron chi connectivity index (χ3n) is 9.15. The highest BCUT2D eigenvalue weighted by Gasteiger charge is 2.35. The lowest BCUT2D eigenvalue weighted by Gasteiger charge is -2.28. The summed E-state index contributed by atoms with van der Waals surface area (Å²) in [6.07, 6.45) is -0.382. The average molecular weight is 928 g/mol. The van der Waals surface area contributed by atoms with E-state index in [0.29, 0.717) is 18.5 Å². The Hall–Kier alpha value is -6.98. The molecule has 29 heteroatoms. The van der Waals surface area contributed by atoms with Gasteiger partial charge in [0.1, 0.15) is 42.3 Å². The van der Waals surface area contributed by atoms with E-state index in [-0.39, 0.29) is 44.7 Å². The third-order valence-corrected chi connectivity index (χ3v) is 9.15. The second kappa shape index (κ2) is 28.7. The van der Waals surface area contributed by atoms with Crippen molar-refractivity contribution in [3.05, 3.63) is 18.2 Å². The zero-order valence-electron chi connectivity index (χ0n) is 35.8. The maximum absolute atomic E-state index is 13.8. The Labute approximate surface area is 371 Å². The van der Waals surface area contributed by atoms with E-state index in [1.807, 2.05) is 5.32 Å². The highest BCUT2D eigenvalue weighted by atomic mass is 16.4. The molecular formula is C36H61N15O14. The van der Waals surface area contributed by atoms with Crippen LogP contribution in [0.5, 0.6) is 0 Å². The van der Waals surface area contributed by atoms with Gasteiger partial charge in [-0.15, -0.1) is 0 Å². The van der Waals surface area contributed by atoms with Gasteiger partial charge in [0, 0.05) is 24.9 Å². The summed E-state index contributed by atoms with van der Waals surface area (Å²) in [6, 6.07) is -12.8. The number of rotatable bonds is 31. The Morgan fingerprint density at radius 1 is 0.692 bits per heavy atom. The molecule has 1 heterocycles. The van der Waals surface area contributed by atoms with Crippen molar-refractivity contribution in [3.63, 3.8) is 0 Å². The van der Waals surface area contributed by atoms with Gasteiger partial charge in [-0.1, -0.05) is 0 Å². The molecule has 0 saturated carbocycles. The topological polar surface area (TPSA) is 507 Å². The SMILES string of the molecule is C[C@H](NC(=O)[C@H](CO)NC(=O)[C@@H](N)CC(=O)O)C(=O)N[C@@H](CC(N)=O)C(=O)N[C@@H](CCCN=C(N)N)C(=O)N[C@H](C(=O)N[C@@H](CCCCN)C(=O)N[C@@H](Cc1cnc[nH]1)C(=O)O)[C@@H](C)O. The second-order valence-corrected chi connectivity index (χ2v) is 14.7. The van der Waals surface area contributed by atoms with Crippen molar-refractivity contribution in [2.75, 3.05) is 19.7 Å². The summed E-state index contributed by atoms with van der Waals surface area (Å²) >= 11 is 0. The lowest BCUT2D eigenvalue weighted by molar-refractivity contribution is -0.142. The summed E-state index contributed by atoms with van der Waals surface area (Å²) in [5, 5.41) is 54.7. The molecule has 65 heavy (non-hydrogen) atoms. The number of amides is 8. The molecule has 0 saturated heterocycles. The molecule has 0 aliphatic carbocycles. The number of nitrogens with zero attached hydrogens (tertiary/aromatic N) is 2. The first kappa shape index (κ1) is 56.0. The molecule has 9 atom stereocenters. The van der Waals surface area contributed by atoms with Gasteiger partial charge in [0.05, 0.1) is 37.9 Å². The van der Waals surface area contributed by atoms with Crippen molar-refractivity contribution in [1.29, 1.82) is 0 Å². The Balaban J connectivity index is 3.29. The number of nitrogens with one attached hydrogen (secondary N) is 8. The molecule has 29 nitrogen and oxygen atoms in total. The lowest BCUT2D eigenvalue weighted by Crippen LogP contribution is -2.61. The number of guanidine groups is 1. The number of aliphatic imine (C=N–C) groups is 1. The molecule has 0 aliphatic rings. The zero-order chi connectivity index (χ0) is 49.4. The Morgan fingerprint density at radius 3 is 1.75 bits per heavy atom. The Morgan fingerprint density at radius 2 is 1.23 bits per heavy atom. The van der Waals surface area contributed by atoms with Crippen LogP contribution in [0.4, 0.5) is 0 Å². The Bertz CT molecular complexity index is 1830. The number of aromatic amines is 1. The molecule has 0 unspecified atom stereocenters. The summed E-state index contributed by atoms with van der Waals surface area (Å²) in [6.45, 7) is 1.41. The van der Waals surface area contributed by atoms with Crippen LogP contribution in [0.25, 0.3) is 0 Å². The number of carboxylic acids is 2. The highest BCUT2D eigenvalue weighted by molar-refractivity contribution is 5.99. The van der Waals surface area contributed by atoms with E-state index in [4.69, 9.17) is 33.8 Å². The number of carbonyl (C=O) groups is 10. The molecule has 364 valence electrons. The van der Waals surface area contributed by atoms with Gasteiger partial charge in [0.15, 0.2) is 5.96 Å². The van der Waals surface area contributed by atoms with Crippen LogP contribution in [0.1, 0.15) is 64.5 Å². The van der Waals surface area contributed by atoms with Crippen molar-refractivity contribution in [2.24, 2.45) is 33.7 Å². The fourth-order valence-corrected chi connectivity index (χ4v) is 5.66. The number of aliphatic hydroxyl groups is 2. The smallest absolute Gasteiger partial charge is 0.326 e. The zero-order valence-corrected chi connectivity index (χ0v) is 35.8. The number of aromatic nitrogens is 2. The van der Waals surface area contributed by atoms with Gasteiger partial charge >= 0.3 is 11.9 Å². The van der Waals surface area contributed by atoms with Crippen molar-refractivity contribution >= 4 is 65.2 Å². The molecule has 0 radical (unpaired) electrons. The molecule has 1 aromatic rings. The largest absolute Gasteiger partial charge is 0.481 e. The van der Waals surface area contributed by atoms with Crippen molar-refractivity contribution in [2.45, 2.75) is 120 Å². The third kappa shape index (κ3) is 21.3. The van der Waals surface area contributed by atoms with Crippen molar-refractivity contribution in [1.82, 2.24) is 47.2 Å². The van der Waals surface area contributed by atoms with Gasteiger partial charge in [-0.25, -0.2) is 9.78 Å². The first-order chi connectivity index (χ1) is 30.5. The number of imidazole rings is 1. The Kier molecular flexibility index (Phi) is 24.7. The molecular weight excluding hydrogens is 866 g/mol. The standard InChI is InChI=1S/C36H61N15O14/c1-16(45-33(62)24(14-52)50-29(58)19(38)11-26(55)56)28(57)48-22(12-25(39)54)32(61)46-21(7-5-9-43-36(40)41)31(60)51-27(17(2)53)34(63)47-20(6-3-4-8-37)30(59)49-23(35(64)65)10-18-13-42-15-44-18/h13,15-17,19-24,27,52-53H,3-12,14,37-38H2,1-2H3,(H2,39,54)(H,42,44)(H,45,62)(H,46,61)(H,47,63)(H,48,57)(H,49,59)(H,50,58)(H,51,60)(H,55,56)(H,64,65)(H4,40,41,43)/t16-,17+,19-,20-,21-,22-,23-,24-,27-/m0/s1. The maximum atomic E-state index is 13.8. The van der Waals surface area contributed by atoms with Gasteiger partial charge in [0.2, 0.25) is 47.3 Å². The van der Waals surface area contributed by atoms with Crippen molar-refractivity contribution in [3.8, 4) is 0 Å². The van der Waals surface area contributed by atoms with Crippen LogP contribution in [-0.4, -0.2) is 170 Å². The fourth-order valence-electron chi connectivity index (χ4n) is 5.66. The van der Waals surface area contributed by atoms with E-state index < -0.39 is 133 Å². The predicted molar refractivity (Wildman–Crippen MR) is 225 cm³/mol. The molecule has 0 spiro atoms. The van der Waals surface area contributed by atoms with Gasteiger partial charge in [0.25, 0.3) is 0 Å². The molecule has 1 aromatic heterocycles. The van der Waals surface area contributed by atoms with Gasteiger partial charge in [-0.3, -0.25) is 48.1 Å². The first-order valence-corrected chi connectivity index (χ1v) is 20.1. The van der Waals surface area contributed by atoms with E-state index in [9.17, 15) is 63.3 Å². The first-order valence-electron chi connectivity index (χ1n) is 20.1. The van der Waals surface area contributed by atoms with Crippen LogP contribution in [0.2, 0.25) is 0 Å². The number of H-pyrrole nitrogens is 1. The van der Waals surface area contributed by atoms with Gasteiger partial charge < -0.3 is 91.3 Å². The number of carboxylic acid groups (broad SMARTS) is 2. The van der Waals surface area contributed by atoms with Crippen LogP contribution >= 0.6 is 0 Å². The lowest BCUT2D eigenvalue weighted by atomic mass is 10.0. The molecule has 1 rings (SSSR count). The summed E-state index contributed by atoms with van der Waals surface area (Å²) < 4.78 is 0. The summed E-state index contributed by atoms with van der Waals surface area (Å²) in [5.74, 6) is -11.8. The maximum Gasteiger partial charge on any atom is 0.326 e. The number of aliphatic carboxylic acids is 2. The molecule has 0 aromatic carbocycles. The number of hydrogen-bond donors (Lipinski definition) is 17. The minimum Gasteiger partial charge on any atom is -0.481 e. The van der Waals surface area contributed by atoms with Crippen LogP contribution in [0.3, 0.4) is 0 Å². The quantitative estimate of drug-likeness (QED) is 0.0187. The van der Waals surface area contributed by atoms with Gasteiger partial charge in [-0.05, 0) is 52.5 Å². The molecule has 0 bridgehead atoms. The predicted octanol–water partition coefficient (Wildman–Crippen LogP) is -8.32. The molecule has 0 fully saturated rings. The van der Waals surface area contributed by atoms with E-state index in [1.54, 1.807) is 0 Å². The van der Waals surface area contributed by atoms with Crippen LogP contribution < -0.4 is 65.9 Å². The minimum absolute atomic E-state index is 0.00811. The second-order valence-electron chi connectivity index (χ2n) is 14.7. The number of hydrogen-bond acceptors (Lipinski definition) is 16. The minimum atomic E-state index is -1.80. The average Bonchev–Trinajstić information content (AvgIpc) is 3.74. The monoisotopic (exact) mass is 927 g/mol. The van der Waals surface area contributed by atoms with E-state index in [1.165, 1.54) is 12.5 Å². The fraction of sp³-hybridized carbons (Fsp3) is 0.611. The number of primary amides is 1. The van der Waals surface area contributed by atoms with Crippen LogP contribution in [0.15, 0.2) is 17.5 Å². The van der Waals surface area contributed by atoms with Crippen LogP contribution in [0, 0.1) is 0 Å². The number of unbranched alkanes of at least 4 members (excludes halogenated alkanes) is 1. The normalized spacial score (nSPS) is 15.0. The summed E-state index contributed by atoms with van der Waals surface area (Å²) in [7, 11) is 0.